The molecule has 0 radical (unpaired) electrons. The molecule has 0 bridgehead atoms. The number of aryl methyl sites for hydroxylation is 2. The Morgan fingerprint density at radius 1 is 1.25 bits per heavy atom. The van der Waals surface area contributed by atoms with Gasteiger partial charge >= 0.3 is 0 Å². The summed E-state index contributed by atoms with van der Waals surface area (Å²) in [4.78, 5) is 0. The molecule has 1 unspecified atom stereocenters. The van der Waals surface area contributed by atoms with Crippen molar-refractivity contribution in [2.75, 3.05) is 6.61 Å². The zero-order valence-corrected chi connectivity index (χ0v) is 9.86. The van der Waals surface area contributed by atoms with Gasteiger partial charge < -0.3 is 9.84 Å². The molecule has 2 rings (SSSR count). The second-order valence-corrected chi connectivity index (χ2v) is 4.34. The molecule has 1 aromatic carbocycles. The summed E-state index contributed by atoms with van der Waals surface area (Å²) in [6.07, 6.45) is 3.42. The van der Waals surface area contributed by atoms with Crippen LogP contribution in [0.15, 0.2) is 30.0 Å². The molecule has 16 heavy (non-hydrogen) atoms. The van der Waals surface area contributed by atoms with Gasteiger partial charge in [0.05, 0.1) is 6.61 Å². The average Bonchev–Trinajstić information content (AvgIpc) is 2.33. The van der Waals surface area contributed by atoms with Crippen molar-refractivity contribution in [2.24, 2.45) is 0 Å². The van der Waals surface area contributed by atoms with E-state index in [9.17, 15) is 5.11 Å². The Balaban J connectivity index is 2.22. The number of aliphatic hydroxyl groups is 1. The quantitative estimate of drug-likeness (QED) is 0.826. The second kappa shape index (κ2) is 4.71. The highest BCUT2D eigenvalue weighted by Crippen LogP contribution is 2.26. The van der Waals surface area contributed by atoms with E-state index in [-0.39, 0.29) is 0 Å². The molecule has 2 heteroatoms. The van der Waals surface area contributed by atoms with Crippen LogP contribution >= 0.6 is 0 Å². The Bertz CT molecular complexity index is 407. The van der Waals surface area contributed by atoms with E-state index in [1.165, 1.54) is 11.1 Å². The van der Waals surface area contributed by atoms with Crippen LogP contribution in [0.5, 0.6) is 0 Å². The molecule has 0 aromatic heterocycles. The SMILES string of the molecule is Cc1ccc(C(O)C2=CCCCO2)cc1C. The predicted molar refractivity (Wildman–Crippen MR) is 64.1 cm³/mol. The number of benzene rings is 1. The highest BCUT2D eigenvalue weighted by Gasteiger charge is 2.17. The van der Waals surface area contributed by atoms with Crippen molar-refractivity contribution in [2.45, 2.75) is 32.8 Å². The Labute approximate surface area is 96.6 Å². The molecule has 0 saturated heterocycles. The Morgan fingerprint density at radius 3 is 2.69 bits per heavy atom. The van der Waals surface area contributed by atoms with Crippen LogP contribution in [0.3, 0.4) is 0 Å². The fraction of sp³-hybridized carbons (Fsp3) is 0.429. The van der Waals surface area contributed by atoms with Gasteiger partial charge in [0, 0.05) is 0 Å². The summed E-state index contributed by atoms with van der Waals surface area (Å²) in [7, 11) is 0. The molecule has 0 spiro atoms. The lowest BCUT2D eigenvalue weighted by Gasteiger charge is -2.20. The van der Waals surface area contributed by atoms with Crippen molar-refractivity contribution in [3.63, 3.8) is 0 Å². The maximum Gasteiger partial charge on any atom is 0.136 e. The van der Waals surface area contributed by atoms with Gasteiger partial charge in [-0.15, -0.1) is 0 Å². The fourth-order valence-corrected chi connectivity index (χ4v) is 1.87. The van der Waals surface area contributed by atoms with Crippen molar-refractivity contribution in [3.8, 4) is 0 Å². The topological polar surface area (TPSA) is 29.5 Å². The molecule has 1 heterocycles. The van der Waals surface area contributed by atoms with Gasteiger partial charge in [0.15, 0.2) is 0 Å². The van der Waals surface area contributed by atoms with Crippen molar-refractivity contribution in [1.82, 2.24) is 0 Å². The molecule has 1 aliphatic rings. The third-order valence-electron chi connectivity index (χ3n) is 3.08. The predicted octanol–water partition coefficient (Wildman–Crippen LogP) is 3.03. The monoisotopic (exact) mass is 218 g/mol. The lowest BCUT2D eigenvalue weighted by molar-refractivity contribution is 0.0917. The molecule has 0 amide bonds. The summed E-state index contributed by atoms with van der Waals surface area (Å²) < 4.78 is 5.48. The zero-order valence-electron chi connectivity index (χ0n) is 9.86. The van der Waals surface area contributed by atoms with E-state index in [1.807, 2.05) is 24.3 Å². The Morgan fingerprint density at radius 2 is 2.06 bits per heavy atom. The lowest BCUT2D eigenvalue weighted by Crippen LogP contribution is -2.10. The normalized spacial score (nSPS) is 17.6. The maximum absolute atomic E-state index is 10.2. The van der Waals surface area contributed by atoms with Gasteiger partial charge in [-0.25, -0.2) is 0 Å². The third kappa shape index (κ3) is 2.27. The van der Waals surface area contributed by atoms with Crippen LogP contribution in [0.1, 0.15) is 35.6 Å². The van der Waals surface area contributed by atoms with Crippen molar-refractivity contribution in [1.29, 1.82) is 0 Å². The van der Waals surface area contributed by atoms with Crippen LogP contribution in [0.2, 0.25) is 0 Å². The number of hydrogen-bond acceptors (Lipinski definition) is 2. The standard InChI is InChI=1S/C14H18O2/c1-10-6-7-12(9-11(10)2)14(15)13-5-3-4-8-16-13/h5-7,9,14-15H,3-4,8H2,1-2H3. The third-order valence-corrected chi connectivity index (χ3v) is 3.08. The molecule has 0 aliphatic carbocycles. The van der Waals surface area contributed by atoms with Gasteiger partial charge in [0.1, 0.15) is 11.9 Å². The van der Waals surface area contributed by atoms with Crippen LogP contribution in [0, 0.1) is 13.8 Å². The Hall–Kier alpha value is -1.28. The molecular weight excluding hydrogens is 200 g/mol. The summed E-state index contributed by atoms with van der Waals surface area (Å²) in [5.74, 6) is 0.703. The van der Waals surface area contributed by atoms with E-state index in [1.54, 1.807) is 0 Å². The molecule has 2 nitrogen and oxygen atoms in total. The van der Waals surface area contributed by atoms with Gasteiger partial charge in [-0.3, -0.25) is 0 Å². The zero-order chi connectivity index (χ0) is 11.5. The van der Waals surface area contributed by atoms with Crippen LogP contribution in [-0.2, 0) is 4.74 Å². The highest BCUT2D eigenvalue weighted by molar-refractivity contribution is 5.33. The van der Waals surface area contributed by atoms with Crippen molar-refractivity contribution < 1.29 is 9.84 Å². The molecule has 1 aromatic rings. The van der Waals surface area contributed by atoms with E-state index < -0.39 is 6.10 Å². The first kappa shape index (κ1) is 11.2. The highest BCUT2D eigenvalue weighted by atomic mass is 16.5. The molecule has 1 aliphatic heterocycles. The van der Waals surface area contributed by atoms with Gasteiger partial charge in [0.2, 0.25) is 0 Å². The minimum absolute atomic E-state index is 0.611. The van der Waals surface area contributed by atoms with Gasteiger partial charge in [-0.05, 0) is 49.5 Å². The molecule has 1 atom stereocenters. The number of hydrogen-bond donors (Lipinski definition) is 1. The van der Waals surface area contributed by atoms with E-state index in [0.717, 1.165) is 18.4 Å². The summed E-state index contributed by atoms with van der Waals surface area (Å²) in [5.41, 5.74) is 3.36. The first-order chi connectivity index (χ1) is 7.68. The van der Waals surface area contributed by atoms with E-state index >= 15 is 0 Å². The van der Waals surface area contributed by atoms with Crippen LogP contribution in [-0.4, -0.2) is 11.7 Å². The number of aliphatic hydroxyl groups excluding tert-OH is 1. The van der Waals surface area contributed by atoms with Crippen molar-refractivity contribution in [3.05, 3.63) is 46.7 Å². The van der Waals surface area contributed by atoms with Gasteiger partial charge in [-0.2, -0.15) is 0 Å². The minimum atomic E-state index is -0.611. The number of ether oxygens (including phenoxy) is 1. The largest absolute Gasteiger partial charge is 0.495 e. The number of allylic oxidation sites excluding steroid dienone is 1. The van der Waals surface area contributed by atoms with Gasteiger partial charge in [-0.1, -0.05) is 18.2 Å². The molecule has 86 valence electrons. The smallest absolute Gasteiger partial charge is 0.136 e. The van der Waals surface area contributed by atoms with Crippen molar-refractivity contribution >= 4 is 0 Å². The summed E-state index contributed by atoms with van der Waals surface area (Å²) in [6, 6.07) is 6.03. The lowest BCUT2D eigenvalue weighted by atomic mass is 10.0. The molecule has 0 fully saturated rings. The molecule has 1 N–H and O–H groups in total. The fourth-order valence-electron chi connectivity index (χ4n) is 1.87. The van der Waals surface area contributed by atoms with Crippen LogP contribution in [0.25, 0.3) is 0 Å². The minimum Gasteiger partial charge on any atom is -0.495 e. The first-order valence-electron chi connectivity index (χ1n) is 5.76. The van der Waals surface area contributed by atoms with Crippen LogP contribution in [0.4, 0.5) is 0 Å². The molecular formula is C14H18O2. The summed E-state index contributed by atoms with van der Waals surface area (Å²) >= 11 is 0. The van der Waals surface area contributed by atoms with E-state index in [2.05, 4.69) is 13.8 Å². The summed E-state index contributed by atoms with van der Waals surface area (Å²) in [5, 5.41) is 10.2. The molecule has 0 saturated carbocycles. The number of rotatable bonds is 2. The van der Waals surface area contributed by atoms with Crippen LogP contribution < -0.4 is 0 Å². The second-order valence-electron chi connectivity index (χ2n) is 4.34. The van der Waals surface area contributed by atoms with E-state index in [4.69, 9.17) is 4.74 Å². The first-order valence-corrected chi connectivity index (χ1v) is 5.76. The van der Waals surface area contributed by atoms with E-state index in [0.29, 0.717) is 12.4 Å². The summed E-state index contributed by atoms with van der Waals surface area (Å²) in [6.45, 7) is 4.84. The van der Waals surface area contributed by atoms with Gasteiger partial charge in [0.25, 0.3) is 0 Å². The maximum atomic E-state index is 10.2. The Kier molecular flexibility index (Phi) is 3.30. The average molecular weight is 218 g/mol.